The number of methoxy groups -OCH3 is 2. The zero-order chi connectivity index (χ0) is 42.4. The molecular formula is C41H36F6N6O5S. The molecule has 11 nitrogen and oxygen atoms in total. The molecule has 3 aromatic heterocycles. The third-order valence-electron chi connectivity index (χ3n) is 9.98. The Morgan fingerprint density at radius 1 is 0.898 bits per heavy atom. The van der Waals surface area contributed by atoms with Crippen molar-refractivity contribution < 1.29 is 49.0 Å². The fraction of sp³-hybridized carbons (Fsp3) is 0.268. The highest BCUT2D eigenvalue weighted by atomic mass is 32.2. The molecule has 0 bridgehead atoms. The van der Waals surface area contributed by atoms with E-state index in [2.05, 4.69) is 15.0 Å². The molecule has 0 amide bonds. The van der Waals surface area contributed by atoms with E-state index < -0.39 is 78.4 Å². The number of hydrogen-bond acceptors (Lipinski definition) is 11. The fourth-order valence-corrected chi connectivity index (χ4v) is 7.43. The molecule has 18 heteroatoms. The van der Waals surface area contributed by atoms with E-state index in [0.717, 1.165) is 24.3 Å². The van der Waals surface area contributed by atoms with Gasteiger partial charge in [-0.05, 0) is 61.4 Å². The summed E-state index contributed by atoms with van der Waals surface area (Å²) in [6.45, 7) is 3.21. The number of hydrogen-bond donors (Lipinski definition) is 0. The Morgan fingerprint density at radius 2 is 1.51 bits per heavy atom. The zero-order valence-electron chi connectivity index (χ0n) is 32.2. The summed E-state index contributed by atoms with van der Waals surface area (Å²) in [5, 5.41) is -1.13. The van der Waals surface area contributed by atoms with Gasteiger partial charge in [-0.25, -0.2) is 41.5 Å². The first-order chi connectivity index (χ1) is 28.0. The first kappa shape index (κ1) is 41.0. The summed E-state index contributed by atoms with van der Waals surface area (Å²) in [4.78, 5) is 20.8. The summed E-state index contributed by atoms with van der Waals surface area (Å²) in [6.07, 6.45) is -2.94. The summed E-state index contributed by atoms with van der Waals surface area (Å²) >= 11 is 0. The van der Waals surface area contributed by atoms with Crippen LogP contribution in [0.15, 0.2) is 78.1 Å². The number of sulfone groups is 1. The lowest BCUT2D eigenvalue weighted by Gasteiger charge is -2.33. The Hall–Kier alpha value is -6.17. The van der Waals surface area contributed by atoms with Crippen LogP contribution in [-0.4, -0.2) is 62.0 Å². The second kappa shape index (κ2) is 15.9. The Balaban J connectivity index is 1.40. The van der Waals surface area contributed by atoms with Crippen LogP contribution < -0.4 is 24.0 Å². The van der Waals surface area contributed by atoms with E-state index in [-0.39, 0.29) is 30.4 Å². The molecule has 0 saturated carbocycles. The van der Waals surface area contributed by atoms with Gasteiger partial charge in [-0.3, -0.25) is 0 Å². The summed E-state index contributed by atoms with van der Waals surface area (Å²) < 4.78 is 132. The van der Waals surface area contributed by atoms with Crippen molar-refractivity contribution in [1.82, 2.24) is 19.9 Å². The van der Waals surface area contributed by atoms with E-state index in [9.17, 15) is 26.0 Å². The molecule has 7 rings (SSSR count). The highest BCUT2D eigenvalue weighted by Gasteiger charge is 2.40. The number of alkyl halides is 3. The normalized spacial score (nSPS) is 13.5. The van der Waals surface area contributed by atoms with E-state index in [1.54, 1.807) is 38.3 Å². The molecule has 3 aromatic carbocycles. The van der Waals surface area contributed by atoms with Gasteiger partial charge in [0, 0.05) is 36.7 Å². The lowest BCUT2D eigenvalue weighted by molar-refractivity contribution is -0.137. The highest BCUT2D eigenvalue weighted by molar-refractivity contribution is 7.90. The average Bonchev–Trinajstić information content (AvgIpc) is 3.40. The summed E-state index contributed by atoms with van der Waals surface area (Å²) in [6, 6.07) is 17.9. The first-order valence-electron chi connectivity index (χ1n) is 18.0. The SMILES string of the molecule is COc1ccc(CN(Cc2ccc(OC)cc2)c2ncccc2[C@@H](C)N2CCOc3nc(-c4c(C(F)(F)F)cc(F)c(C)c4F)c(F)c4nc(S(C)(=O)=O)nc2c34)cc1. The van der Waals surface area contributed by atoms with Gasteiger partial charge in [-0.1, -0.05) is 30.3 Å². The van der Waals surface area contributed by atoms with Gasteiger partial charge >= 0.3 is 6.18 Å². The van der Waals surface area contributed by atoms with Crippen LogP contribution in [0.4, 0.5) is 38.0 Å². The Labute approximate surface area is 335 Å². The van der Waals surface area contributed by atoms with Gasteiger partial charge < -0.3 is 24.0 Å². The number of halogens is 6. The van der Waals surface area contributed by atoms with Crippen molar-refractivity contribution in [3.05, 3.63) is 118 Å². The third kappa shape index (κ3) is 8.00. The van der Waals surface area contributed by atoms with Gasteiger partial charge in [-0.2, -0.15) is 13.2 Å². The second-order valence-corrected chi connectivity index (χ2v) is 15.7. The predicted octanol–water partition coefficient (Wildman–Crippen LogP) is 8.42. The molecule has 0 aliphatic carbocycles. The van der Waals surface area contributed by atoms with Crippen LogP contribution in [0.3, 0.4) is 0 Å². The van der Waals surface area contributed by atoms with Crippen LogP contribution in [-0.2, 0) is 29.1 Å². The molecule has 59 heavy (non-hydrogen) atoms. The smallest absolute Gasteiger partial charge is 0.417 e. The maximum atomic E-state index is 16.8. The van der Waals surface area contributed by atoms with Crippen molar-refractivity contribution in [3.8, 4) is 28.6 Å². The molecule has 4 heterocycles. The molecule has 1 atom stereocenters. The maximum absolute atomic E-state index is 16.8. The molecule has 1 aliphatic heterocycles. The van der Waals surface area contributed by atoms with Crippen LogP contribution in [0.25, 0.3) is 22.2 Å². The standard InChI is InChI=1S/C41H36F6N6O5S/c1-22-30(42)19-29(41(45,46)47)31(33(22)43)35-34(44)36-32-38(51-40(50-36)59(5,54)55)53(17-18-58-39(32)49-35)23(2)28-7-6-16-48-37(28)52(20-24-8-12-26(56-3)13-9-24)21-25-10-14-27(57-4)15-11-25/h6-16,19,23H,17-18,20-21H2,1-5H3/t23-/m1/s1. The van der Waals surface area contributed by atoms with Crippen LogP contribution in [0.2, 0.25) is 0 Å². The van der Waals surface area contributed by atoms with Gasteiger partial charge in [0.25, 0.3) is 0 Å². The van der Waals surface area contributed by atoms with Crippen molar-refractivity contribution in [3.63, 3.8) is 0 Å². The Kier molecular flexibility index (Phi) is 11.0. The molecule has 1 aliphatic rings. The van der Waals surface area contributed by atoms with Crippen molar-refractivity contribution in [2.24, 2.45) is 0 Å². The largest absolute Gasteiger partial charge is 0.497 e. The number of ether oxygens (including phenoxy) is 3. The molecule has 6 aromatic rings. The van der Waals surface area contributed by atoms with Crippen LogP contribution in [0.1, 0.15) is 40.8 Å². The van der Waals surface area contributed by atoms with Crippen molar-refractivity contribution in [1.29, 1.82) is 0 Å². The molecule has 0 fully saturated rings. The monoisotopic (exact) mass is 838 g/mol. The fourth-order valence-electron chi connectivity index (χ4n) is 6.92. The van der Waals surface area contributed by atoms with E-state index in [1.807, 2.05) is 59.5 Å². The summed E-state index contributed by atoms with van der Waals surface area (Å²) in [5.41, 5.74) is -3.56. The highest BCUT2D eigenvalue weighted by Crippen LogP contribution is 2.46. The molecule has 0 unspecified atom stereocenters. The van der Waals surface area contributed by atoms with Gasteiger partial charge in [0.1, 0.15) is 58.0 Å². The second-order valence-electron chi connectivity index (χ2n) is 13.8. The van der Waals surface area contributed by atoms with Crippen molar-refractivity contribution in [2.75, 3.05) is 43.4 Å². The van der Waals surface area contributed by atoms with Crippen LogP contribution in [0.5, 0.6) is 17.4 Å². The summed E-state index contributed by atoms with van der Waals surface area (Å²) in [5.74, 6) is -3.58. The number of pyridine rings is 2. The molecule has 0 spiro atoms. The van der Waals surface area contributed by atoms with Crippen LogP contribution >= 0.6 is 0 Å². The van der Waals surface area contributed by atoms with Gasteiger partial charge in [0.15, 0.2) is 5.82 Å². The minimum atomic E-state index is -5.35. The number of benzene rings is 3. The molecule has 308 valence electrons. The van der Waals surface area contributed by atoms with Crippen molar-refractivity contribution in [2.45, 2.75) is 44.3 Å². The average molecular weight is 839 g/mol. The van der Waals surface area contributed by atoms with Crippen molar-refractivity contribution >= 4 is 32.4 Å². The number of anilines is 2. The predicted molar refractivity (Wildman–Crippen MR) is 207 cm³/mol. The Bertz CT molecular complexity index is 2620. The molecule has 0 radical (unpaired) electrons. The first-order valence-corrected chi connectivity index (χ1v) is 19.9. The quantitative estimate of drug-likeness (QED) is 0.0924. The number of aromatic nitrogens is 4. The molecule has 0 N–H and O–H groups in total. The van der Waals surface area contributed by atoms with Gasteiger partial charge in [0.2, 0.25) is 20.9 Å². The van der Waals surface area contributed by atoms with Crippen LogP contribution in [0, 0.1) is 24.4 Å². The third-order valence-corrected chi connectivity index (χ3v) is 10.8. The van der Waals surface area contributed by atoms with Gasteiger partial charge in [0.05, 0.1) is 37.9 Å². The Morgan fingerprint density at radius 3 is 2.07 bits per heavy atom. The zero-order valence-corrected chi connectivity index (χ0v) is 33.1. The van der Waals surface area contributed by atoms with E-state index in [0.29, 0.717) is 36.0 Å². The van der Waals surface area contributed by atoms with E-state index >= 15 is 8.78 Å². The molecule has 0 saturated heterocycles. The lowest BCUT2D eigenvalue weighted by atomic mass is 9.98. The summed E-state index contributed by atoms with van der Waals surface area (Å²) in [7, 11) is -1.16. The lowest BCUT2D eigenvalue weighted by Crippen LogP contribution is -2.33. The van der Waals surface area contributed by atoms with E-state index in [4.69, 9.17) is 19.2 Å². The van der Waals surface area contributed by atoms with E-state index in [1.165, 1.54) is 0 Å². The minimum absolute atomic E-state index is 0.0209. The topological polar surface area (TPSA) is 120 Å². The number of rotatable bonds is 11. The number of nitrogens with zero attached hydrogens (tertiary/aromatic N) is 6. The minimum Gasteiger partial charge on any atom is -0.497 e. The van der Waals surface area contributed by atoms with Gasteiger partial charge in [-0.15, -0.1) is 0 Å². The molecular weight excluding hydrogens is 803 g/mol. The maximum Gasteiger partial charge on any atom is 0.417 e.